The summed E-state index contributed by atoms with van der Waals surface area (Å²) in [6, 6.07) is 3.86. The SMILES string of the molecule is CCC1CCC(C)N1CCC(C)(C)C#N. The molecule has 2 unspecified atom stereocenters. The Morgan fingerprint density at radius 2 is 2.07 bits per heavy atom. The molecule has 0 bridgehead atoms. The Morgan fingerprint density at radius 3 is 2.60 bits per heavy atom. The third-order valence-corrected chi connectivity index (χ3v) is 3.72. The van der Waals surface area contributed by atoms with Gasteiger partial charge in [0, 0.05) is 18.6 Å². The fraction of sp³-hybridized carbons (Fsp3) is 0.923. The van der Waals surface area contributed by atoms with Crippen LogP contribution in [-0.4, -0.2) is 23.5 Å². The van der Waals surface area contributed by atoms with E-state index in [-0.39, 0.29) is 5.41 Å². The van der Waals surface area contributed by atoms with E-state index in [1.54, 1.807) is 0 Å². The van der Waals surface area contributed by atoms with E-state index < -0.39 is 0 Å². The molecule has 1 saturated heterocycles. The van der Waals surface area contributed by atoms with Gasteiger partial charge in [-0.1, -0.05) is 6.92 Å². The predicted octanol–water partition coefficient (Wildman–Crippen LogP) is 3.19. The highest BCUT2D eigenvalue weighted by atomic mass is 15.2. The summed E-state index contributed by atoms with van der Waals surface area (Å²) in [6.45, 7) is 9.74. The van der Waals surface area contributed by atoms with Gasteiger partial charge in [-0.05, 0) is 46.5 Å². The van der Waals surface area contributed by atoms with Gasteiger partial charge in [0.2, 0.25) is 0 Å². The molecule has 0 saturated carbocycles. The largest absolute Gasteiger partial charge is 0.298 e. The molecule has 2 nitrogen and oxygen atoms in total. The number of nitriles is 1. The van der Waals surface area contributed by atoms with Crippen LogP contribution in [0.3, 0.4) is 0 Å². The minimum atomic E-state index is -0.166. The van der Waals surface area contributed by atoms with Crippen molar-refractivity contribution in [1.29, 1.82) is 5.26 Å². The highest BCUT2D eigenvalue weighted by molar-refractivity contribution is 4.94. The van der Waals surface area contributed by atoms with Crippen molar-refractivity contribution in [3.05, 3.63) is 0 Å². The van der Waals surface area contributed by atoms with Crippen LogP contribution in [0.1, 0.15) is 53.4 Å². The van der Waals surface area contributed by atoms with Crippen LogP contribution in [0, 0.1) is 16.7 Å². The number of hydrogen-bond donors (Lipinski definition) is 0. The van der Waals surface area contributed by atoms with Crippen LogP contribution in [0.2, 0.25) is 0 Å². The third-order valence-electron chi connectivity index (χ3n) is 3.72. The summed E-state index contributed by atoms with van der Waals surface area (Å²) in [7, 11) is 0. The predicted molar refractivity (Wildman–Crippen MR) is 63.5 cm³/mol. The second-order valence-corrected chi connectivity index (χ2v) is 5.47. The first-order valence-corrected chi connectivity index (χ1v) is 6.17. The summed E-state index contributed by atoms with van der Waals surface area (Å²) in [5.74, 6) is 0. The summed E-state index contributed by atoms with van der Waals surface area (Å²) in [4.78, 5) is 2.60. The van der Waals surface area contributed by atoms with Crippen LogP contribution >= 0.6 is 0 Å². The van der Waals surface area contributed by atoms with Gasteiger partial charge in [0.05, 0.1) is 11.5 Å². The van der Waals surface area contributed by atoms with Crippen molar-refractivity contribution < 1.29 is 0 Å². The Hall–Kier alpha value is -0.550. The molecule has 2 heteroatoms. The van der Waals surface area contributed by atoms with Crippen molar-refractivity contribution in [2.45, 2.75) is 65.5 Å². The zero-order valence-corrected chi connectivity index (χ0v) is 10.6. The van der Waals surface area contributed by atoms with Crippen molar-refractivity contribution in [2.75, 3.05) is 6.54 Å². The summed E-state index contributed by atoms with van der Waals surface area (Å²) < 4.78 is 0. The van der Waals surface area contributed by atoms with Crippen molar-refractivity contribution in [2.24, 2.45) is 5.41 Å². The van der Waals surface area contributed by atoms with Gasteiger partial charge in [-0.25, -0.2) is 0 Å². The van der Waals surface area contributed by atoms with Crippen LogP contribution in [0.25, 0.3) is 0 Å². The van der Waals surface area contributed by atoms with E-state index in [0.717, 1.165) is 19.0 Å². The van der Waals surface area contributed by atoms with Crippen LogP contribution in [0.5, 0.6) is 0 Å². The van der Waals surface area contributed by atoms with Crippen molar-refractivity contribution in [1.82, 2.24) is 4.90 Å². The van der Waals surface area contributed by atoms with Gasteiger partial charge < -0.3 is 0 Å². The molecule has 0 radical (unpaired) electrons. The van der Waals surface area contributed by atoms with E-state index in [9.17, 15) is 0 Å². The van der Waals surface area contributed by atoms with Gasteiger partial charge in [0.25, 0.3) is 0 Å². The van der Waals surface area contributed by atoms with Gasteiger partial charge in [0.1, 0.15) is 0 Å². The molecule has 86 valence electrons. The molecular formula is C13H24N2. The topological polar surface area (TPSA) is 27.0 Å². The monoisotopic (exact) mass is 208 g/mol. The van der Waals surface area contributed by atoms with Crippen molar-refractivity contribution >= 4 is 0 Å². The standard InChI is InChI=1S/C13H24N2/c1-5-12-7-6-11(2)15(12)9-8-13(3,4)10-14/h11-12H,5-9H2,1-4H3. The first-order valence-electron chi connectivity index (χ1n) is 6.17. The van der Waals surface area contributed by atoms with E-state index in [2.05, 4.69) is 24.8 Å². The van der Waals surface area contributed by atoms with Gasteiger partial charge in [-0.3, -0.25) is 4.90 Å². The van der Waals surface area contributed by atoms with E-state index >= 15 is 0 Å². The molecule has 1 aliphatic heterocycles. The Morgan fingerprint density at radius 1 is 1.40 bits per heavy atom. The average Bonchev–Trinajstić information content (AvgIpc) is 2.56. The Kier molecular flexibility index (Phi) is 4.16. The molecule has 15 heavy (non-hydrogen) atoms. The first kappa shape index (κ1) is 12.5. The lowest BCUT2D eigenvalue weighted by Crippen LogP contribution is -2.36. The molecule has 1 heterocycles. The number of nitrogens with zero attached hydrogens (tertiary/aromatic N) is 2. The zero-order valence-electron chi connectivity index (χ0n) is 10.6. The van der Waals surface area contributed by atoms with Crippen LogP contribution < -0.4 is 0 Å². The molecule has 1 fully saturated rings. The van der Waals surface area contributed by atoms with Gasteiger partial charge in [-0.15, -0.1) is 0 Å². The molecule has 2 atom stereocenters. The molecule has 0 aromatic rings. The molecule has 0 aliphatic carbocycles. The Bertz CT molecular complexity index is 239. The Labute approximate surface area is 94.3 Å². The summed E-state index contributed by atoms with van der Waals surface area (Å²) >= 11 is 0. The zero-order chi connectivity index (χ0) is 11.5. The number of rotatable bonds is 4. The van der Waals surface area contributed by atoms with Crippen LogP contribution in [0.4, 0.5) is 0 Å². The molecule has 0 amide bonds. The number of hydrogen-bond acceptors (Lipinski definition) is 2. The van der Waals surface area contributed by atoms with E-state index in [1.165, 1.54) is 19.3 Å². The highest BCUT2D eigenvalue weighted by Crippen LogP contribution is 2.28. The highest BCUT2D eigenvalue weighted by Gasteiger charge is 2.30. The van der Waals surface area contributed by atoms with E-state index in [0.29, 0.717) is 6.04 Å². The number of likely N-dealkylation sites (tertiary alicyclic amines) is 1. The quantitative estimate of drug-likeness (QED) is 0.709. The first-order chi connectivity index (χ1) is 7.00. The fourth-order valence-corrected chi connectivity index (χ4v) is 2.43. The summed E-state index contributed by atoms with van der Waals surface area (Å²) in [5.41, 5.74) is -0.166. The molecule has 0 aromatic heterocycles. The lowest BCUT2D eigenvalue weighted by Gasteiger charge is -2.29. The fourth-order valence-electron chi connectivity index (χ4n) is 2.43. The second kappa shape index (κ2) is 4.99. The molecular weight excluding hydrogens is 184 g/mol. The molecule has 0 N–H and O–H groups in total. The maximum absolute atomic E-state index is 8.99. The van der Waals surface area contributed by atoms with Crippen LogP contribution in [0.15, 0.2) is 0 Å². The second-order valence-electron chi connectivity index (χ2n) is 5.47. The maximum atomic E-state index is 8.99. The van der Waals surface area contributed by atoms with Crippen molar-refractivity contribution in [3.8, 4) is 6.07 Å². The van der Waals surface area contributed by atoms with Gasteiger partial charge in [0.15, 0.2) is 0 Å². The molecule has 0 spiro atoms. The molecule has 1 aliphatic rings. The normalized spacial score (nSPS) is 27.9. The smallest absolute Gasteiger partial charge is 0.0684 e. The average molecular weight is 208 g/mol. The van der Waals surface area contributed by atoms with Gasteiger partial charge >= 0.3 is 0 Å². The lowest BCUT2D eigenvalue weighted by molar-refractivity contribution is 0.178. The minimum Gasteiger partial charge on any atom is -0.298 e. The molecule has 1 rings (SSSR count). The van der Waals surface area contributed by atoms with Crippen LogP contribution in [-0.2, 0) is 0 Å². The van der Waals surface area contributed by atoms with Gasteiger partial charge in [-0.2, -0.15) is 5.26 Å². The third kappa shape index (κ3) is 3.21. The minimum absolute atomic E-state index is 0.166. The van der Waals surface area contributed by atoms with E-state index in [1.807, 2.05) is 13.8 Å². The van der Waals surface area contributed by atoms with E-state index in [4.69, 9.17) is 5.26 Å². The Balaban J connectivity index is 2.47. The summed E-state index contributed by atoms with van der Waals surface area (Å²) in [6.07, 6.45) is 4.90. The lowest BCUT2D eigenvalue weighted by atomic mass is 9.91. The van der Waals surface area contributed by atoms with Crippen molar-refractivity contribution in [3.63, 3.8) is 0 Å². The molecule has 0 aromatic carbocycles. The summed E-state index contributed by atoms with van der Waals surface area (Å²) in [5, 5.41) is 8.99. The maximum Gasteiger partial charge on any atom is 0.0684 e.